The van der Waals surface area contributed by atoms with Crippen LogP contribution in [0.4, 0.5) is 17.6 Å². The monoisotopic (exact) mass is 236 g/mol. The Hall–Kier alpha value is -1.10. The average Bonchev–Trinajstić information content (AvgIpc) is 2.22. The van der Waals surface area contributed by atoms with Crippen LogP contribution in [0, 0.1) is 28.7 Å². The van der Waals surface area contributed by atoms with Crippen LogP contribution in [-0.4, -0.2) is 11.7 Å². The molecule has 0 aliphatic carbocycles. The van der Waals surface area contributed by atoms with Gasteiger partial charge in [0.25, 0.3) is 0 Å². The maximum Gasteiger partial charge on any atom is 0.197 e. The lowest BCUT2D eigenvalue weighted by atomic mass is 9.86. The SMILES string of the molecule is CC(C)(CO)Cc1cc(F)c(F)c(F)c1F. The number of aliphatic hydroxyl groups is 1. The lowest BCUT2D eigenvalue weighted by Gasteiger charge is -2.21. The van der Waals surface area contributed by atoms with Crippen LogP contribution in [0.2, 0.25) is 0 Å². The quantitative estimate of drug-likeness (QED) is 0.486. The van der Waals surface area contributed by atoms with Gasteiger partial charge in [0.2, 0.25) is 0 Å². The highest BCUT2D eigenvalue weighted by Crippen LogP contribution is 2.26. The van der Waals surface area contributed by atoms with E-state index in [2.05, 4.69) is 0 Å². The third-order valence-electron chi connectivity index (χ3n) is 2.28. The third kappa shape index (κ3) is 2.52. The van der Waals surface area contributed by atoms with Gasteiger partial charge in [0.15, 0.2) is 23.3 Å². The maximum absolute atomic E-state index is 13.2. The fourth-order valence-corrected chi connectivity index (χ4v) is 1.32. The highest BCUT2D eigenvalue weighted by atomic mass is 19.2. The Morgan fingerprint density at radius 2 is 1.62 bits per heavy atom. The molecule has 1 N–H and O–H groups in total. The summed E-state index contributed by atoms with van der Waals surface area (Å²) in [6.45, 7) is 2.93. The predicted octanol–water partition coefficient (Wildman–Crippen LogP) is 2.80. The van der Waals surface area contributed by atoms with Gasteiger partial charge in [-0.25, -0.2) is 17.6 Å². The summed E-state index contributed by atoms with van der Waals surface area (Å²) in [5.74, 6) is -6.46. The van der Waals surface area contributed by atoms with E-state index < -0.39 is 28.7 Å². The predicted molar refractivity (Wildman–Crippen MR) is 50.8 cm³/mol. The molecule has 1 aromatic carbocycles. The third-order valence-corrected chi connectivity index (χ3v) is 2.28. The summed E-state index contributed by atoms with van der Waals surface area (Å²) < 4.78 is 51.6. The minimum absolute atomic E-state index is 0.0799. The normalized spacial score (nSPS) is 11.9. The molecule has 0 aliphatic rings. The maximum atomic E-state index is 13.2. The van der Waals surface area contributed by atoms with E-state index in [1.165, 1.54) is 0 Å². The molecule has 0 spiro atoms. The van der Waals surface area contributed by atoms with E-state index in [1.54, 1.807) is 13.8 Å². The molecule has 16 heavy (non-hydrogen) atoms. The number of rotatable bonds is 3. The summed E-state index contributed by atoms with van der Waals surface area (Å²) in [7, 11) is 0. The molecule has 90 valence electrons. The number of halogens is 4. The zero-order chi connectivity index (χ0) is 12.5. The Labute approximate surface area is 90.7 Å². The molecular weight excluding hydrogens is 224 g/mol. The molecule has 1 rings (SSSR count). The Balaban J connectivity index is 3.16. The largest absolute Gasteiger partial charge is 0.396 e. The first-order chi connectivity index (χ1) is 7.28. The lowest BCUT2D eigenvalue weighted by molar-refractivity contribution is 0.158. The molecule has 1 nitrogen and oxygen atoms in total. The number of benzene rings is 1. The molecule has 0 atom stereocenters. The fraction of sp³-hybridized carbons (Fsp3) is 0.455. The molecule has 0 radical (unpaired) electrons. The molecule has 0 bridgehead atoms. The highest BCUT2D eigenvalue weighted by molar-refractivity contribution is 5.22. The van der Waals surface area contributed by atoms with E-state index in [0.29, 0.717) is 6.07 Å². The second kappa shape index (κ2) is 4.41. The Morgan fingerprint density at radius 3 is 2.12 bits per heavy atom. The second-order valence-corrected chi connectivity index (χ2v) is 4.46. The van der Waals surface area contributed by atoms with Gasteiger partial charge in [0, 0.05) is 6.61 Å². The first kappa shape index (κ1) is 13.0. The van der Waals surface area contributed by atoms with Crippen molar-refractivity contribution in [2.24, 2.45) is 5.41 Å². The summed E-state index contributed by atoms with van der Waals surface area (Å²) >= 11 is 0. The van der Waals surface area contributed by atoms with Crippen LogP contribution in [0.1, 0.15) is 19.4 Å². The Kier molecular flexibility index (Phi) is 3.57. The van der Waals surface area contributed by atoms with Crippen molar-refractivity contribution < 1.29 is 22.7 Å². The molecule has 0 amide bonds. The molecule has 0 aliphatic heterocycles. The molecular formula is C11H12F4O. The summed E-state index contributed by atoms with van der Waals surface area (Å²) in [6.07, 6.45) is -0.0799. The first-order valence-electron chi connectivity index (χ1n) is 4.71. The van der Waals surface area contributed by atoms with Crippen molar-refractivity contribution in [1.82, 2.24) is 0 Å². The van der Waals surface area contributed by atoms with Crippen molar-refractivity contribution >= 4 is 0 Å². The molecule has 1 aromatic rings. The Bertz CT molecular complexity index is 401. The highest BCUT2D eigenvalue weighted by Gasteiger charge is 2.24. The van der Waals surface area contributed by atoms with Crippen molar-refractivity contribution in [3.05, 3.63) is 34.9 Å². The smallest absolute Gasteiger partial charge is 0.197 e. The van der Waals surface area contributed by atoms with Crippen LogP contribution in [-0.2, 0) is 6.42 Å². The van der Waals surface area contributed by atoms with E-state index in [0.717, 1.165) is 0 Å². The van der Waals surface area contributed by atoms with Crippen molar-refractivity contribution in [1.29, 1.82) is 0 Å². The van der Waals surface area contributed by atoms with Crippen LogP contribution in [0.3, 0.4) is 0 Å². The van der Waals surface area contributed by atoms with Crippen LogP contribution in [0.25, 0.3) is 0 Å². The average molecular weight is 236 g/mol. The van der Waals surface area contributed by atoms with Crippen LogP contribution in [0.15, 0.2) is 6.07 Å². The number of aliphatic hydroxyl groups excluding tert-OH is 1. The Morgan fingerprint density at radius 1 is 1.06 bits per heavy atom. The van der Waals surface area contributed by atoms with Gasteiger partial charge < -0.3 is 5.11 Å². The molecule has 0 heterocycles. The van der Waals surface area contributed by atoms with Gasteiger partial charge in [-0.2, -0.15) is 0 Å². The van der Waals surface area contributed by atoms with Crippen molar-refractivity contribution in [3.8, 4) is 0 Å². The van der Waals surface area contributed by atoms with Crippen molar-refractivity contribution in [2.75, 3.05) is 6.61 Å². The number of hydrogen-bond donors (Lipinski definition) is 1. The first-order valence-corrected chi connectivity index (χ1v) is 4.71. The van der Waals surface area contributed by atoms with Gasteiger partial charge in [0.05, 0.1) is 0 Å². The second-order valence-electron chi connectivity index (χ2n) is 4.46. The van der Waals surface area contributed by atoms with Gasteiger partial charge >= 0.3 is 0 Å². The van der Waals surface area contributed by atoms with E-state index >= 15 is 0 Å². The summed E-state index contributed by atoms with van der Waals surface area (Å²) in [6, 6.07) is 0.616. The minimum atomic E-state index is -1.82. The summed E-state index contributed by atoms with van der Waals surface area (Å²) in [5, 5.41) is 8.96. The zero-order valence-corrected chi connectivity index (χ0v) is 8.95. The number of hydrogen-bond acceptors (Lipinski definition) is 1. The van der Waals surface area contributed by atoms with Crippen LogP contribution < -0.4 is 0 Å². The van der Waals surface area contributed by atoms with Crippen molar-refractivity contribution in [3.63, 3.8) is 0 Å². The van der Waals surface area contributed by atoms with Crippen LogP contribution in [0.5, 0.6) is 0 Å². The van der Waals surface area contributed by atoms with Gasteiger partial charge in [-0.3, -0.25) is 0 Å². The summed E-state index contributed by atoms with van der Waals surface area (Å²) in [5.41, 5.74) is -1.01. The van der Waals surface area contributed by atoms with Crippen LogP contribution >= 0.6 is 0 Å². The van der Waals surface area contributed by atoms with Crippen molar-refractivity contribution in [2.45, 2.75) is 20.3 Å². The fourth-order valence-electron chi connectivity index (χ4n) is 1.32. The standard InChI is InChI=1S/C11H12F4O/c1-11(2,5-16)4-6-3-7(12)9(14)10(15)8(6)13/h3,16H,4-5H2,1-2H3. The molecule has 5 heteroatoms. The molecule has 0 fully saturated rings. The van der Waals surface area contributed by atoms with E-state index in [-0.39, 0.29) is 18.6 Å². The zero-order valence-electron chi connectivity index (χ0n) is 8.95. The van der Waals surface area contributed by atoms with E-state index in [1.807, 2.05) is 0 Å². The molecule has 0 aromatic heterocycles. The van der Waals surface area contributed by atoms with E-state index in [9.17, 15) is 17.6 Å². The van der Waals surface area contributed by atoms with Gasteiger partial charge in [-0.05, 0) is 23.5 Å². The topological polar surface area (TPSA) is 20.2 Å². The molecule has 0 unspecified atom stereocenters. The molecule has 0 saturated heterocycles. The van der Waals surface area contributed by atoms with Gasteiger partial charge in [-0.1, -0.05) is 13.8 Å². The summed E-state index contributed by atoms with van der Waals surface area (Å²) in [4.78, 5) is 0. The lowest BCUT2D eigenvalue weighted by Crippen LogP contribution is -2.21. The molecule has 0 saturated carbocycles. The minimum Gasteiger partial charge on any atom is -0.396 e. The van der Waals surface area contributed by atoms with Gasteiger partial charge in [0.1, 0.15) is 0 Å². The van der Waals surface area contributed by atoms with Gasteiger partial charge in [-0.15, -0.1) is 0 Å². The van der Waals surface area contributed by atoms with E-state index in [4.69, 9.17) is 5.11 Å².